The number of fused-ring (bicyclic) bond motifs is 1. The van der Waals surface area contributed by atoms with Gasteiger partial charge in [-0.2, -0.15) is 0 Å². The van der Waals surface area contributed by atoms with Crippen molar-refractivity contribution >= 4 is 10.9 Å². The SMILES string of the molecule is C[C@H]1CN[C@H](c2ccc3ccccc3n2)C1. The molecule has 2 aromatic rings. The zero-order valence-electron chi connectivity index (χ0n) is 9.48. The zero-order chi connectivity index (χ0) is 11.0. The molecule has 0 aliphatic carbocycles. The predicted octanol–water partition coefficient (Wildman–Crippen LogP) is 2.91. The van der Waals surface area contributed by atoms with E-state index >= 15 is 0 Å². The van der Waals surface area contributed by atoms with E-state index in [0.29, 0.717) is 6.04 Å². The molecule has 1 saturated heterocycles. The molecular weight excluding hydrogens is 196 g/mol. The highest BCUT2D eigenvalue weighted by Gasteiger charge is 2.22. The van der Waals surface area contributed by atoms with E-state index < -0.39 is 0 Å². The molecule has 1 aromatic heterocycles. The number of pyridine rings is 1. The van der Waals surface area contributed by atoms with Crippen LogP contribution in [0.1, 0.15) is 25.1 Å². The standard InChI is InChI=1S/C14H16N2/c1-10-8-14(15-9-10)13-7-6-11-4-2-3-5-12(11)16-13/h2-7,10,14-15H,8-9H2,1H3/t10-,14+/m1/s1. The van der Waals surface area contributed by atoms with Gasteiger partial charge in [0, 0.05) is 11.4 Å². The molecule has 1 fully saturated rings. The van der Waals surface area contributed by atoms with Crippen molar-refractivity contribution in [1.82, 2.24) is 10.3 Å². The molecular formula is C14H16N2. The summed E-state index contributed by atoms with van der Waals surface area (Å²) in [6.45, 7) is 3.40. The van der Waals surface area contributed by atoms with Gasteiger partial charge < -0.3 is 5.32 Å². The van der Waals surface area contributed by atoms with E-state index in [1.54, 1.807) is 0 Å². The first kappa shape index (κ1) is 9.79. The summed E-state index contributed by atoms with van der Waals surface area (Å²) in [4.78, 5) is 4.73. The number of hydrogen-bond donors (Lipinski definition) is 1. The molecule has 16 heavy (non-hydrogen) atoms. The van der Waals surface area contributed by atoms with Crippen molar-refractivity contribution in [2.75, 3.05) is 6.54 Å². The molecule has 0 bridgehead atoms. The molecule has 2 atom stereocenters. The van der Waals surface area contributed by atoms with Gasteiger partial charge in [0.05, 0.1) is 11.2 Å². The van der Waals surface area contributed by atoms with Crippen LogP contribution in [-0.4, -0.2) is 11.5 Å². The Bertz CT molecular complexity index is 507. The van der Waals surface area contributed by atoms with E-state index in [1.165, 1.54) is 17.5 Å². The molecule has 1 aliphatic heterocycles. The highest BCUT2D eigenvalue weighted by Crippen LogP contribution is 2.26. The third-order valence-corrected chi connectivity index (χ3v) is 3.33. The Balaban J connectivity index is 1.99. The molecule has 1 aliphatic rings. The number of nitrogens with one attached hydrogen (secondary N) is 1. The highest BCUT2D eigenvalue weighted by molar-refractivity contribution is 5.78. The molecule has 2 heterocycles. The van der Waals surface area contributed by atoms with E-state index in [2.05, 4.69) is 42.6 Å². The van der Waals surface area contributed by atoms with Gasteiger partial charge in [0.25, 0.3) is 0 Å². The molecule has 0 spiro atoms. The fourth-order valence-electron chi connectivity index (χ4n) is 2.41. The summed E-state index contributed by atoms with van der Waals surface area (Å²) in [5, 5.41) is 4.74. The summed E-state index contributed by atoms with van der Waals surface area (Å²) in [6.07, 6.45) is 1.20. The molecule has 2 nitrogen and oxygen atoms in total. The molecule has 82 valence electrons. The Kier molecular flexibility index (Phi) is 2.37. The fourth-order valence-corrected chi connectivity index (χ4v) is 2.41. The minimum atomic E-state index is 0.444. The summed E-state index contributed by atoms with van der Waals surface area (Å²) in [7, 11) is 0. The van der Waals surface area contributed by atoms with Gasteiger partial charge in [-0.25, -0.2) is 0 Å². The van der Waals surface area contributed by atoms with Crippen molar-refractivity contribution in [2.45, 2.75) is 19.4 Å². The maximum Gasteiger partial charge on any atom is 0.0706 e. The summed E-state index contributed by atoms with van der Waals surface area (Å²) in [5.74, 6) is 0.762. The molecule has 2 heteroatoms. The monoisotopic (exact) mass is 212 g/mol. The number of aromatic nitrogens is 1. The quantitative estimate of drug-likeness (QED) is 0.786. The van der Waals surface area contributed by atoms with Gasteiger partial charge in [0.15, 0.2) is 0 Å². The Morgan fingerprint density at radius 2 is 2.06 bits per heavy atom. The van der Waals surface area contributed by atoms with Crippen molar-refractivity contribution in [3.05, 3.63) is 42.1 Å². The average molecular weight is 212 g/mol. The zero-order valence-corrected chi connectivity index (χ0v) is 9.48. The van der Waals surface area contributed by atoms with Crippen molar-refractivity contribution in [2.24, 2.45) is 5.92 Å². The summed E-state index contributed by atoms with van der Waals surface area (Å²) < 4.78 is 0. The Morgan fingerprint density at radius 3 is 2.88 bits per heavy atom. The second kappa shape index (κ2) is 3.87. The molecule has 1 N–H and O–H groups in total. The average Bonchev–Trinajstić information content (AvgIpc) is 2.75. The van der Waals surface area contributed by atoms with Crippen LogP contribution in [0.15, 0.2) is 36.4 Å². The first-order valence-electron chi connectivity index (χ1n) is 5.92. The summed E-state index contributed by atoms with van der Waals surface area (Å²) in [5.41, 5.74) is 2.28. The first-order chi connectivity index (χ1) is 7.83. The number of hydrogen-bond acceptors (Lipinski definition) is 2. The van der Waals surface area contributed by atoms with Crippen LogP contribution in [0.3, 0.4) is 0 Å². The van der Waals surface area contributed by atoms with E-state index in [9.17, 15) is 0 Å². The van der Waals surface area contributed by atoms with Gasteiger partial charge >= 0.3 is 0 Å². The lowest BCUT2D eigenvalue weighted by atomic mass is 10.0. The maximum atomic E-state index is 4.73. The normalized spacial score (nSPS) is 25.1. The molecule has 3 rings (SSSR count). The lowest BCUT2D eigenvalue weighted by Crippen LogP contribution is -2.14. The van der Waals surface area contributed by atoms with Crippen molar-refractivity contribution in [1.29, 1.82) is 0 Å². The lowest BCUT2D eigenvalue weighted by molar-refractivity contribution is 0.601. The molecule has 0 unspecified atom stereocenters. The minimum absolute atomic E-state index is 0.444. The topological polar surface area (TPSA) is 24.9 Å². The molecule has 0 saturated carbocycles. The van der Waals surface area contributed by atoms with Crippen molar-refractivity contribution in [3.8, 4) is 0 Å². The predicted molar refractivity (Wildman–Crippen MR) is 66.3 cm³/mol. The van der Waals surface area contributed by atoms with Crippen LogP contribution in [-0.2, 0) is 0 Å². The van der Waals surface area contributed by atoms with Gasteiger partial charge in [-0.3, -0.25) is 4.98 Å². The number of para-hydroxylation sites is 1. The van der Waals surface area contributed by atoms with Gasteiger partial charge in [-0.15, -0.1) is 0 Å². The van der Waals surface area contributed by atoms with Gasteiger partial charge in [0.2, 0.25) is 0 Å². The van der Waals surface area contributed by atoms with Crippen LogP contribution in [0, 0.1) is 5.92 Å². The molecule has 0 amide bonds. The second-order valence-electron chi connectivity index (χ2n) is 4.73. The fraction of sp³-hybridized carbons (Fsp3) is 0.357. The second-order valence-corrected chi connectivity index (χ2v) is 4.73. The summed E-state index contributed by atoms with van der Waals surface area (Å²) in [6, 6.07) is 13.1. The third kappa shape index (κ3) is 1.69. The highest BCUT2D eigenvalue weighted by atomic mass is 15.0. The summed E-state index contributed by atoms with van der Waals surface area (Å²) >= 11 is 0. The minimum Gasteiger partial charge on any atom is -0.308 e. The Labute approximate surface area is 95.7 Å². The van der Waals surface area contributed by atoms with Gasteiger partial charge in [0.1, 0.15) is 0 Å². The smallest absolute Gasteiger partial charge is 0.0706 e. The van der Waals surface area contributed by atoms with Crippen LogP contribution in [0.4, 0.5) is 0 Å². The van der Waals surface area contributed by atoms with Gasteiger partial charge in [-0.1, -0.05) is 31.2 Å². The number of rotatable bonds is 1. The van der Waals surface area contributed by atoms with Crippen LogP contribution in [0.2, 0.25) is 0 Å². The Hall–Kier alpha value is -1.41. The van der Waals surface area contributed by atoms with E-state index in [1.807, 2.05) is 6.07 Å². The molecule has 0 radical (unpaired) electrons. The van der Waals surface area contributed by atoms with Crippen molar-refractivity contribution in [3.63, 3.8) is 0 Å². The van der Waals surface area contributed by atoms with Gasteiger partial charge in [-0.05, 0) is 31.0 Å². The van der Waals surface area contributed by atoms with E-state index in [4.69, 9.17) is 4.98 Å². The first-order valence-corrected chi connectivity index (χ1v) is 5.92. The van der Waals surface area contributed by atoms with E-state index in [-0.39, 0.29) is 0 Å². The maximum absolute atomic E-state index is 4.73. The van der Waals surface area contributed by atoms with Crippen LogP contribution in [0.5, 0.6) is 0 Å². The molecule has 1 aromatic carbocycles. The van der Waals surface area contributed by atoms with Crippen LogP contribution < -0.4 is 5.32 Å². The van der Waals surface area contributed by atoms with Crippen LogP contribution >= 0.6 is 0 Å². The van der Waals surface area contributed by atoms with E-state index in [0.717, 1.165) is 18.0 Å². The third-order valence-electron chi connectivity index (χ3n) is 3.33. The lowest BCUT2D eigenvalue weighted by Gasteiger charge is -2.10. The van der Waals surface area contributed by atoms with Crippen LogP contribution in [0.25, 0.3) is 10.9 Å². The number of nitrogens with zero attached hydrogens (tertiary/aromatic N) is 1. The largest absolute Gasteiger partial charge is 0.308 e. The number of benzene rings is 1. The van der Waals surface area contributed by atoms with Crippen molar-refractivity contribution < 1.29 is 0 Å². The Morgan fingerprint density at radius 1 is 1.19 bits per heavy atom.